The van der Waals surface area contributed by atoms with Gasteiger partial charge < -0.3 is 9.29 Å². The van der Waals surface area contributed by atoms with Gasteiger partial charge in [-0.05, 0) is 57.9 Å². The molecular weight excluding hydrogens is 332 g/mol. The predicted molar refractivity (Wildman–Crippen MR) is 104 cm³/mol. The number of aromatic nitrogens is 1. The van der Waals surface area contributed by atoms with Crippen LogP contribution in [0.3, 0.4) is 0 Å². The van der Waals surface area contributed by atoms with Crippen molar-refractivity contribution < 1.29 is 9.29 Å². The van der Waals surface area contributed by atoms with Crippen LogP contribution in [0.25, 0.3) is 10.8 Å². The monoisotopic (exact) mass is 360 g/mol. The molecule has 136 valence electrons. The first-order chi connectivity index (χ1) is 11.9. The zero-order chi connectivity index (χ0) is 18.2. The molecule has 1 unspecified atom stereocenters. The first-order valence-corrected chi connectivity index (χ1v) is 10.1. The summed E-state index contributed by atoms with van der Waals surface area (Å²) in [6.07, 6.45) is 4.29. The minimum absolute atomic E-state index is 0.133. The molecular formula is C20H28N2O2S. The minimum Gasteiger partial charge on any atom is -0.597 e. The van der Waals surface area contributed by atoms with E-state index in [0.29, 0.717) is 11.8 Å². The molecule has 1 aliphatic carbocycles. The average Bonchev–Trinajstić information content (AvgIpc) is 3.42. The summed E-state index contributed by atoms with van der Waals surface area (Å²) in [7, 11) is 1.65. The van der Waals surface area contributed by atoms with E-state index in [1.807, 2.05) is 45.2 Å². The molecule has 0 aliphatic heterocycles. The SMILES string of the molecule is CCN(C(c1cnc(OC)c2ccccc12)C1CC1)[S@+]([O-])C(C)(C)C. The zero-order valence-corrected chi connectivity index (χ0v) is 16.6. The Morgan fingerprint density at radius 2 is 1.92 bits per heavy atom. The van der Waals surface area contributed by atoms with E-state index in [0.717, 1.165) is 17.3 Å². The van der Waals surface area contributed by atoms with Crippen molar-refractivity contribution in [2.45, 2.75) is 51.3 Å². The van der Waals surface area contributed by atoms with Gasteiger partial charge in [-0.1, -0.05) is 18.2 Å². The number of hydrogen-bond donors (Lipinski definition) is 0. The summed E-state index contributed by atoms with van der Waals surface area (Å²) in [6.45, 7) is 8.98. The van der Waals surface area contributed by atoms with Crippen LogP contribution in [0.2, 0.25) is 0 Å². The van der Waals surface area contributed by atoms with Gasteiger partial charge in [-0.15, -0.1) is 4.31 Å². The number of benzene rings is 1. The van der Waals surface area contributed by atoms with Crippen LogP contribution in [-0.4, -0.2) is 32.2 Å². The number of ether oxygens (including phenoxy) is 1. The van der Waals surface area contributed by atoms with E-state index >= 15 is 0 Å². The second kappa shape index (κ2) is 7.14. The molecule has 0 bridgehead atoms. The summed E-state index contributed by atoms with van der Waals surface area (Å²) >= 11 is -1.06. The third-order valence-corrected chi connectivity index (χ3v) is 6.69. The van der Waals surface area contributed by atoms with Gasteiger partial charge in [-0.3, -0.25) is 0 Å². The van der Waals surface area contributed by atoms with Crippen LogP contribution in [0.5, 0.6) is 5.88 Å². The Morgan fingerprint density at radius 1 is 1.28 bits per heavy atom. The molecule has 2 aromatic rings. The normalized spacial score (nSPS) is 17.7. The fraction of sp³-hybridized carbons (Fsp3) is 0.550. The van der Waals surface area contributed by atoms with Gasteiger partial charge in [0.15, 0.2) is 0 Å². The van der Waals surface area contributed by atoms with E-state index in [2.05, 4.69) is 22.3 Å². The molecule has 4 nitrogen and oxygen atoms in total. The number of nitrogens with zero attached hydrogens (tertiary/aromatic N) is 2. The van der Waals surface area contributed by atoms with Gasteiger partial charge in [0, 0.05) is 35.1 Å². The van der Waals surface area contributed by atoms with Crippen LogP contribution in [0, 0.1) is 5.92 Å². The maximum Gasteiger partial charge on any atom is 0.221 e. The molecule has 1 aliphatic rings. The maximum atomic E-state index is 13.2. The zero-order valence-electron chi connectivity index (χ0n) is 15.8. The molecule has 1 fully saturated rings. The van der Waals surface area contributed by atoms with Crippen molar-refractivity contribution >= 4 is 22.1 Å². The van der Waals surface area contributed by atoms with Crippen LogP contribution >= 0.6 is 0 Å². The molecule has 0 radical (unpaired) electrons. The summed E-state index contributed by atoms with van der Waals surface area (Å²) in [4.78, 5) is 4.55. The number of pyridine rings is 1. The molecule has 1 aromatic carbocycles. The highest BCUT2D eigenvalue weighted by Crippen LogP contribution is 2.48. The highest BCUT2D eigenvalue weighted by Gasteiger charge is 2.45. The smallest absolute Gasteiger partial charge is 0.221 e. The highest BCUT2D eigenvalue weighted by molar-refractivity contribution is 7.90. The Bertz CT molecular complexity index is 740. The Balaban J connectivity index is 2.12. The molecule has 0 N–H and O–H groups in total. The Labute approximate surface area is 153 Å². The summed E-state index contributed by atoms with van der Waals surface area (Å²) in [6, 6.07) is 8.36. The maximum absolute atomic E-state index is 13.2. The molecule has 0 spiro atoms. The van der Waals surface area contributed by atoms with Gasteiger partial charge in [0.2, 0.25) is 5.88 Å². The van der Waals surface area contributed by atoms with Gasteiger partial charge in [0.25, 0.3) is 0 Å². The average molecular weight is 361 g/mol. The van der Waals surface area contributed by atoms with Crippen molar-refractivity contribution in [3.8, 4) is 5.88 Å². The van der Waals surface area contributed by atoms with E-state index in [1.165, 1.54) is 18.4 Å². The van der Waals surface area contributed by atoms with E-state index in [9.17, 15) is 4.55 Å². The lowest BCUT2D eigenvalue weighted by Gasteiger charge is -2.37. The molecule has 3 rings (SSSR count). The van der Waals surface area contributed by atoms with Gasteiger partial charge in [-0.2, -0.15) is 0 Å². The molecule has 0 saturated heterocycles. The largest absolute Gasteiger partial charge is 0.597 e. The van der Waals surface area contributed by atoms with Crippen LogP contribution in [0.15, 0.2) is 30.5 Å². The topological polar surface area (TPSA) is 48.4 Å². The van der Waals surface area contributed by atoms with E-state index in [-0.39, 0.29) is 10.8 Å². The van der Waals surface area contributed by atoms with Gasteiger partial charge in [0.05, 0.1) is 13.2 Å². The van der Waals surface area contributed by atoms with Gasteiger partial charge in [-0.25, -0.2) is 4.98 Å². The first kappa shape index (κ1) is 18.5. The van der Waals surface area contributed by atoms with Crippen molar-refractivity contribution in [1.82, 2.24) is 9.29 Å². The Kier molecular flexibility index (Phi) is 5.28. The van der Waals surface area contributed by atoms with E-state index < -0.39 is 11.4 Å². The van der Waals surface area contributed by atoms with Crippen molar-refractivity contribution in [2.75, 3.05) is 13.7 Å². The third-order valence-electron chi connectivity index (χ3n) is 4.73. The lowest BCUT2D eigenvalue weighted by Crippen LogP contribution is -2.45. The highest BCUT2D eigenvalue weighted by atomic mass is 32.2. The second-order valence-electron chi connectivity index (χ2n) is 7.65. The first-order valence-electron chi connectivity index (χ1n) is 8.98. The molecule has 0 amide bonds. The number of rotatable bonds is 6. The fourth-order valence-electron chi connectivity index (χ4n) is 3.41. The summed E-state index contributed by atoms with van der Waals surface area (Å²) in [5, 5.41) is 2.17. The van der Waals surface area contributed by atoms with Gasteiger partial charge in [0.1, 0.15) is 4.75 Å². The summed E-state index contributed by atoms with van der Waals surface area (Å²) in [5.74, 6) is 1.19. The van der Waals surface area contributed by atoms with Crippen molar-refractivity contribution in [2.24, 2.45) is 5.92 Å². The van der Waals surface area contributed by atoms with Crippen molar-refractivity contribution in [1.29, 1.82) is 0 Å². The second-order valence-corrected chi connectivity index (χ2v) is 9.84. The van der Waals surface area contributed by atoms with Crippen molar-refractivity contribution in [3.63, 3.8) is 0 Å². The molecule has 2 atom stereocenters. The van der Waals surface area contributed by atoms with E-state index in [4.69, 9.17) is 4.74 Å². The molecule has 1 aromatic heterocycles. The minimum atomic E-state index is -1.06. The number of methoxy groups -OCH3 is 1. The van der Waals surface area contributed by atoms with Crippen LogP contribution in [0.1, 0.15) is 52.1 Å². The van der Waals surface area contributed by atoms with Crippen LogP contribution < -0.4 is 4.74 Å². The molecule has 5 heteroatoms. The Hall–Kier alpha value is -1.30. The summed E-state index contributed by atoms with van der Waals surface area (Å²) < 4.78 is 20.5. The number of hydrogen-bond acceptors (Lipinski definition) is 4. The van der Waals surface area contributed by atoms with Crippen molar-refractivity contribution in [3.05, 3.63) is 36.0 Å². The lowest BCUT2D eigenvalue weighted by molar-refractivity contribution is 0.299. The lowest BCUT2D eigenvalue weighted by atomic mass is 9.98. The van der Waals surface area contributed by atoms with Crippen LogP contribution in [0.4, 0.5) is 0 Å². The quantitative estimate of drug-likeness (QED) is 0.713. The summed E-state index contributed by atoms with van der Waals surface area (Å²) in [5.41, 5.74) is 1.17. The fourth-order valence-corrected chi connectivity index (χ4v) is 4.84. The molecule has 1 heterocycles. The molecule has 1 saturated carbocycles. The van der Waals surface area contributed by atoms with Crippen LogP contribution in [-0.2, 0) is 11.4 Å². The predicted octanol–water partition coefficient (Wildman–Crippen LogP) is 4.48. The third kappa shape index (κ3) is 3.64. The van der Waals surface area contributed by atoms with E-state index in [1.54, 1.807) is 7.11 Å². The van der Waals surface area contributed by atoms with Gasteiger partial charge >= 0.3 is 0 Å². The standard InChI is InChI=1S/C20H28N2O2S/c1-6-22(25(23)20(2,3)4)18(14-11-12-14)17-13-21-19(24-5)16-10-8-7-9-15(16)17/h7-10,13-14,18H,6,11-12H2,1-5H3/t18?,25-/m1/s1. The molecule has 25 heavy (non-hydrogen) atoms. The Morgan fingerprint density at radius 3 is 2.44 bits per heavy atom. The number of fused-ring (bicyclic) bond motifs is 1.